The van der Waals surface area contributed by atoms with Crippen molar-refractivity contribution in [2.45, 2.75) is 32.9 Å². The number of imide groups is 1. The second-order valence-electron chi connectivity index (χ2n) is 7.43. The number of nitrogens with one attached hydrogen (secondary N) is 1. The van der Waals surface area contributed by atoms with Crippen LogP contribution in [-0.4, -0.2) is 41.4 Å². The van der Waals surface area contributed by atoms with Crippen LogP contribution in [-0.2, 0) is 14.4 Å². The molecule has 30 heavy (non-hydrogen) atoms. The first-order chi connectivity index (χ1) is 14.3. The van der Waals surface area contributed by atoms with Crippen LogP contribution in [0.15, 0.2) is 46.7 Å². The predicted octanol–water partition coefficient (Wildman–Crippen LogP) is 3.20. The fourth-order valence-corrected chi connectivity index (χ4v) is 3.73. The Hall–Kier alpha value is -3.26. The SMILES string of the molecule is Cc1ccc(N2C(=O)[C@@H]3N=NN(CC(=O)Nc4cccc(Cl)c4C)[C@H]3C2=O)cc1C. The predicted molar refractivity (Wildman–Crippen MR) is 112 cm³/mol. The summed E-state index contributed by atoms with van der Waals surface area (Å²) in [7, 11) is 0. The summed E-state index contributed by atoms with van der Waals surface area (Å²) in [5, 5.41) is 12.4. The molecule has 1 N–H and O–H groups in total. The molecule has 0 radical (unpaired) electrons. The molecule has 154 valence electrons. The van der Waals surface area contributed by atoms with Gasteiger partial charge in [-0.15, -0.1) is 0 Å². The Morgan fingerprint density at radius 1 is 1.10 bits per heavy atom. The van der Waals surface area contributed by atoms with Crippen LogP contribution in [0.5, 0.6) is 0 Å². The van der Waals surface area contributed by atoms with Crippen molar-refractivity contribution in [1.29, 1.82) is 0 Å². The molecule has 1 fully saturated rings. The average Bonchev–Trinajstić information content (AvgIpc) is 3.21. The number of aryl methyl sites for hydroxylation is 2. The van der Waals surface area contributed by atoms with Gasteiger partial charge in [0.05, 0.1) is 5.69 Å². The molecule has 3 amide bonds. The van der Waals surface area contributed by atoms with Crippen molar-refractivity contribution in [1.82, 2.24) is 5.01 Å². The van der Waals surface area contributed by atoms with Crippen LogP contribution in [0.3, 0.4) is 0 Å². The molecule has 0 aromatic heterocycles. The van der Waals surface area contributed by atoms with Crippen LogP contribution in [0.25, 0.3) is 0 Å². The summed E-state index contributed by atoms with van der Waals surface area (Å²) in [6.07, 6.45) is 0. The Balaban J connectivity index is 1.51. The molecule has 2 aliphatic rings. The number of nitrogens with zero attached hydrogens (tertiary/aromatic N) is 4. The van der Waals surface area contributed by atoms with E-state index in [-0.39, 0.29) is 12.5 Å². The summed E-state index contributed by atoms with van der Waals surface area (Å²) in [6.45, 7) is 5.46. The van der Waals surface area contributed by atoms with Gasteiger partial charge >= 0.3 is 0 Å². The van der Waals surface area contributed by atoms with Gasteiger partial charge in [-0.1, -0.05) is 29.0 Å². The van der Waals surface area contributed by atoms with Crippen molar-refractivity contribution >= 4 is 40.7 Å². The van der Waals surface area contributed by atoms with E-state index in [0.29, 0.717) is 16.4 Å². The summed E-state index contributed by atoms with van der Waals surface area (Å²) in [4.78, 5) is 39.5. The largest absolute Gasteiger partial charge is 0.324 e. The Morgan fingerprint density at radius 2 is 1.87 bits per heavy atom. The number of fused-ring (bicyclic) bond motifs is 1. The van der Waals surface area contributed by atoms with Crippen LogP contribution in [0, 0.1) is 20.8 Å². The molecule has 0 spiro atoms. The molecule has 0 aliphatic carbocycles. The van der Waals surface area contributed by atoms with Crippen LogP contribution < -0.4 is 10.2 Å². The van der Waals surface area contributed by atoms with Crippen LogP contribution in [0.1, 0.15) is 16.7 Å². The van der Waals surface area contributed by atoms with Gasteiger partial charge in [0.15, 0.2) is 12.1 Å². The highest BCUT2D eigenvalue weighted by Gasteiger charge is 2.55. The Morgan fingerprint density at radius 3 is 2.60 bits per heavy atom. The number of rotatable bonds is 4. The van der Waals surface area contributed by atoms with E-state index in [0.717, 1.165) is 21.6 Å². The minimum absolute atomic E-state index is 0.212. The molecule has 2 aromatic carbocycles. The van der Waals surface area contributed by atoms with E-state index < -0.39 is 23.9 Å². The van der Waals surface area contributed by atoms with E-state index >= 15 is 0 Å². The number of hydrogen-bond donors (Lipinski definition) is 1. The lowest BCUT2D eigenvalue weighted by molar-refractivity contribution is -0.123. The minimum Gasteiger partial charge on any atom is -0.324 e. The minimum atomic E-state index is -0.945. The maximum atomic E-state index is 13.0. The summed E-state index contributed by atoms with van der Waals surface area (Å²) < 4.78 is 0. The number of amides is 3. The first-order valence-corrected chi connectivity index (χ1v) is 9.83. The first-order valence-electron chi connectivity index (χ1n) is 9.45. The molecule has 2 aromatic rings. The third-order valence-electron chi connectivity index (χ3n) is 5.45. The molecule has 9 heteroatoms. The number of anilines is 2. The smallest absolute Gasteiger partial charge is 0.263 e. The highest BCUT2D eigenvalue weighted by molar-refractivity contribution is 6.31. The van der Waals surface area contributed by atoms with Gasteiger partial charge in [-0.3, -0.25) is 19.4 Å². The molecule has 1 saturated heterocycles. The summed E-state index contributed by atoms with van der Waals surface area (Å²) in [6, 6.07) is 8.72. The van der Waals surface area contributed by atoms with Gasteiger partial charge in [0.1, 0.15) is 6.54 Å². The topological polar surface area (TPSA) is 94.4 Å². The fraction of sp³-hybridized carbons (Fsp3) is 0.286. The van der Waals surface area contributed by atoms with Gasteiger partial charge in [-0.05, 0) is 61.7 Å². The zero-order chi connectivity index (χ0) is 21.6. The summed E-state index contributed by atoms with van der Waals surface area (Å²) in [5.74, 6) is -1.26. The van der Waals surface area contributed by atoms with Crippen molar-refractivity contribution in [2.24, 2.45) is 10.3 Å². The van der Waals surface area contributed by atoms with E-state index in [9.17, 15) is 14.4 Å². The number of halogens is 1. The fourth-order valence-electron chi connectivity index (χ4n) is 3.55. The van der Waals surface area contributed by atoms with Crippen LogP contribution in [0.2, 0.25) is 5.02 Å². The lowest BCUT2D eigenvalue weighted by Gasteiger charge is -2.21. The van der Waals surface area contributed by atoms with Crippen LogP contribution >= 0.6 is 11.6 Å². The van der Waals surface area contributed by atoms with Gasteiger partial charge in [-0.2, -0.15) is 5.11 Å². The highest BCUT2D eigenvalue weighted by atomic mass is 35.5. The molecule has 0 bridgehead atoms. The Kier molecular flexibility index (Phi) is 5.03. The zero-order valence-electron chi connectivity index (χ0n) is 16.7. The molecule has 4 rings (SSSR count). The quantitative estimate of drug-likeness (QED) is 0.761. The van der Waals surface area contributed by atoms with Gasteiger partial charge in [0.25, 0.3) is 11.8 Å². The molecule has 8 nitrogen and oxygen atoms in total. The first kappa shape index (κ1) is 20.0. The third-order valence-corrected chi connectivity index (χ3v) is 5.86. The van der Waals surface area contributed by atoms with Crippen molar-refractivity contribution in [3.63, 3.8) is 0 Å². The standard InChI is InChI=1S/C21H20ClN5O3/c1-11-7-8-14(9-12(11)2)27-20(29)18-19(21(27)30)26(25-24-18)10-17(28)23-16-6-4-5-15(22)13(16)3/h4-9,18-19H,10H2,1-3H3,(H,23,28)/t18-,19-/m1/s1. The molecule has 2 aliphatic heterocycles. The lowest BCUT2D eigenvalue weighted by atomic mass is 10.1. The van der Waals surface area contributed by atoms with E-state index in [1.54, 1.807) is 37.3 Å². The van der Waals surface area contributed by atoms with E-state index in [1.807, 2.05) is 19.9 Å². The average molecular weight is 426 g/mol. The molecular weight excluding hydrogens is 406 g/mol. The van der Waals surface area contributed by atoms with Crippen molar-refractivity contribution in [3.8, 4) is 0 Å². The number of hydrogen-bond acceptors (Lipinski definition) is 6. The van der Waals surface area contributed by atoms with Crippen molar-refractivity contribution in [3.05, 3.63) is 58.1 Å². The van der Waals surface area contributed by atoms with E-state index in [2.05, 4.69) is 15.7 Å². The van der Waals surface area contributed by atoms with E-state index in [4.69, 9.17) is 11.6 Å². The Labute approximate surface area is 178 Å². The van der Waals surface area contributed by atoms with Gasteiger partial charge in [0.2, 0.25) is 5.91 Å². The molecule has 2 heterocycles. The van der Waals surface area contributed by atoms with Crippen molar-refractivity contribution in [2.75, 3.05) is 16.8 Å². The maximum Gasteiger partial charge on any atom is 0.263 e. The summed E-state index contributed by atoms with van der Waals surface area (Å²) >= 11 is 6.09. The summed E-state index contributed by atoms with van der Waals surface area (Å²) in [5.41, 5.74) is 3.84. The van der Waals surface area contributed by atoms with E-state index in [1.165, 1.54) is 5.01 Å². The normalized spacial score (nSPS) is 20.1. The van der Waals surface area contributed by atoms with Gasteiger partial charge in [0, 0.05) is 10.7 Å². The molecule has 0 saturated carbocycles. The molecular formula is C21H20ClN5O3. The third kappa shape index (κ3) is 3.33. The number of carbonyl (C=O) groups is 3. The monoisotopic (exact) mass is 425 g/mol. The highest BCUT2D eigenvalue weighted by Crippen LogP contribution is 2.32. The van der Waals surface area contributed by atoms with Gasteiger partial charge in [-0.25, -0.2) is 4.90 Å². The molecule has 0 unspecified atom stereocenters. The second kappa shape index (κ2) is 7.53. The number of carbonyl (C=O) groups excluding carboxylic acids is 3. The van der Waals surface area contributed by atoms with Crippen molar-refractivity contribution < 1.29 is 14.4 Å². The lowest BCUT2D eigenvalue weighted by Crippen LogP contribution is -2.43. The zero-order valence-corrected chi connectivity index (χ0v) is 17.5. The number of benzene rings is 2. The maximum absolute atomic E-state index is 13.0. The second-order valence-corrected chi connectivity index (χ2v) is 7.84. The molecule has 2 atom stereocenters. The Bertz CT molecular complexity index is 1100. The van der Waals surface area contributed by atoms with Crippen LogP contribution in [0.4, 0.5) is 11.4 Å². The van der Waals surface area contributed by atoms with Gasteiger partial charge < -0.3 is 5.32 Å².